The maximum absolute atomic E-state index is 10.3. The Kier molecular flexibility index (Phi) is 5.27. The molecule has 6 nitrogen and oxygen atoms in total. The summed E-state index contributed by atoms with van der Waals surface area (Å²) in [6.07, 6.45) is 2.06. The largest absolute Gasteiger partial charge is 0.491 e. The summed E-state index contributed by atoms with van der Waals surface area (Å²) in [7, 11) is 0. The third-order valence-corrected chi connectivity index (χ3v) is 4.25. The van der Waals surface area contributed by atoms with Crippen molar-refractivity contribution in [2.45, 2.75) is 32.5 Å². The quantitative estimate of drug-likeness (QED) is 0.782. The Hall–Kier alpha value is -2.18. The lowest BCUT2D eigenvalue weighted by Gasteiger charge is -2.29. The molecule has 128 valence electrons. The number of nitrogens with zero attached hydrogens (tertiary/aromatic N) is 4. The molecule has 1 aliphatic rings. The standard InChI is InChI=1S/C18H24N4O2/c1-3-6-15-7-4-5-8-17(15)24-13-16(23)11-21-9-10-22-14(2)19-20-18(22)12-21/h3-5,7-8,16,23H,1,6,9-13H2,2H3/t16-/m0/s1. The lowest BCUT2D eigenvalue weighted by Crippen LogP contribution is -2.40. The number of β-amino-alcohol motifs (C(OH)–C–C–N with tert-alkyl or cyclic N) is 1. The summed E-state index contributed by atoms with van der Waals surface area (Å²) in [6.45, 7) is 9.04. The number of benzene rings is 1. The number of aliphatic hydroxyl groups excluding tert-OH is 1. The van der Waals surface area contributed by atoms with Crippen molar-refractivity contribution in [3.05, 3.63) is 54.1 Å². The second-order valence-electron chi connectivity index (χ2n) is 6.12. The van der Waals surface area contributed by atoms with Gasteiger partial charge in [-0.25, -0.2) is 0 Å². The van der Waals surface area contributed by atoms with Gasteiger partial charge >= 0.3 is 0 Å². The Bertz CT molecular complexity index is 698. The van der Waals surface area contributed by atoms with Crippen molar-refractivity contribution >= 4 is 0 Å². The van der Waals surface area contributed by atoms with Crippen LogP contribution in [0.1, 0.15) is 17.2 Å². The maximum atomic E-state index is 10.3. The number of fused-ring (bicyclic) bond motifs is 1. The third kappa shape index (κ3) is 3.83. The van der Waals surface area contributed by atoms with Crippen molar-refractivity contribution in [3.63, 3.8) is 0 Å². The lowest BCUT2D eigenvalue weighted by molar-refractivity contribution is 0.0579. The van der Waals surface area contributed by atoms with Gasteiger partial charge in [0.1, 0.15) is 30.1 Å². The zero-order chi connectivity index (χ0) is 16.9. The van der Waals surface area contributed by atoms with E-state index < -0.39 is 6.10 Å². The number of allylic oxidation sites excluding steroid dienone is 1. The van der Waals surface area contributed by atoms with Crippen LogP contribution in [0.15, 0.2) is 36.9 Å². The van der Waals surface area contributed by atoms with Gasteiger partial charge in [0.05, 0.1) is 6.54 Å². The minimum absolute atomic E-state index is 0.274. The fourth-order valence-electron chi connectivity index (χ4n) is 3.01. The van der Waals surface area contributed by atoms with E-state index in [9.17, 15) is 5.11 Å². The summed E-state index contributed by atoms with van der Waals surface area (Å²) in [5, 5.41) is 18.6. The number of hydrogen-bond donors (Lipinski definition) is 1. The molecule has 24 heavy (non-hydrogen) atoms. The summed E-state index contributed by atoms with van der Waals surface area (Å²) in [6, 6.07) is 7.86. The highest BCUT2D eigenvalue weighted by atomic mass is 16.5. The molecule has 3 rings (SSSR count). The average Bonchev–Trinajstić information content (AvgIpc) is 2.95. The summed E-state index contributed by atoms with van der Waals surface area (Å²) in [5.74, 6) is 2.72. The number of rotatable bonds is 7. The number of ether oxygens (including phenoxy) is 1. The van der Waals surface area contributed by atoms with Crippen molar-refractivity contribution in [1.29, 1.82) is 0 Å². The Morgan fingerprint density at radius 1 is 1.33 bits per heavy atom. The van der Waals surface area contributed by atoms with Gasteiger partial charge in [0.15, 0.2) is 0 Å². The van der Waals surface area contributed by atoms with E-state index in [2.05, 4.69) is 26.2 Å². The molecule has 6 heteroatoms. The van der Waals surface area contributed by atoms with Crippen molar-refractivity contribution in [2.24, 2.45) is 0 Å². The summed E-state index contributed by atoms with van der Waals surface area (Å²) in [4.78, 5) is 2.19. The van der Waals surface area contributed by atoms with Gasteiger partial charge in [-0.3, -0.25) is 4.90 Å². The van der Waals surface area contributed by atoms with E-state index in [1.807, 2.05) is 37.3 Å². The first kappa shape index (κ1) is 16.7. The van der Waals surface area contributed by atoms with E-state index in [4.69, 9.17) is 4.74 Å². The fraction of sp³-hybridized carbons (Fsp3) is 0.444. The molecule has 0 unspecified atom stereocenters. The Morgan fingerprint density at radius 2 is 2.17 bits per heavy atom. The SMILES string of the molecule is C=CCc1ccccc1OC[C@@H](O)CN1CCn2c(C)nnc2C1. The fourth-order valence-corrected chi connectivity index (χ4v) is 3.01. The van der Waals surface area contributed by atoms with Crippen molar-refractivity contribution in [2.75, 3.05) is 19.7 Å². The molecule has 1 atom stereocenters. The van der Waals surface area contributed by atoms with Gasteiger partial charge in [-0.2, -0.15) is 0 Å². The predicted octanol–water partition coefficient (Wildman–Crippen LogP) is 1.57. The van der Waals surface area contributed by atoms with Gasteiger partial charge in [0, 0.05) is 19.6 Å². The molecule has 0 aliphatic carbocycles. The van der Waals surface area contributed by atoms with Gasteiger partial charge in [0.25, 0.3) is 0 Å². The van der Waals surface area contributed by atoms with Crippen molar-refractivity contribution < 1.29 is 9.84 Å². The summed E-state index contributed by atoms with van der Waals surface area (Å²) in [5.41, 5.74) is 1.08. The van der Waals surface area contributed by atoms with Crippen LogP contribution in [0.25, 0.3) is 0 Å². The molecular formula is C18H24N4O2. The Balaban J connectivity index is 1.52. The van der Waals surface area contributed by atoms with Gasteiger partial charge in [-0.1, -0.05) is 24.3 Å². The van der Waals surface area contributed by atoms with Crippen molar-refractivity contribution in [3.8, 4) is 5.75 Å². The van der Waals surface area contributed by atoms with E-state index in [0.717, 1.165) is 42.5 Å². The Morgan fingerprint density at radius 3 is 3.00 bits per heavy atom. The molecule has 0 amide bonds. The monoisotopic (exact) mass is 328 g/mol. The first-order valence-electron chi connectivity index (χ1n) is 8.28. The van der Waals surface area contributed by atoms with Crippen LogP contribution in [0.2, 0.25) is 0 Å². The highest BCUT2D eigenvalue weighted by molar-refractivity contribution is 5.34. The minimum Gasteiger partial charge on any atom is -0.491 e. The van der Waals surface area contributed by atoms with Gasteiger partial charge in [-0.15, -0.1) is 16.8 Å². The van der Waals surface area contributed by atoms with Crippen LogP contribution >= 0.6 is 0 Å². The van der Waals surface area contributed by atoms with Crippen LogP contribution in [0.4, 0.5) is 0 Å². The Labute approximate surface area is 142 Å². The second-order valence-corrected chi connectivity index (χ2v) is 6.12. The molecule has 0 bridgehead atoms. The van der Waals surface area contributed by atoms with Gasteiger partial charge in [-0.05, 0) is 25.0 Å². The summed E-state index contributed by atoms with van der Waals surface area (Å²) >= 11 is 0. The lowest BCUT2D eigenvalue weighted by atomic mass is 10.1. The second kappa shape index (κ2) is 7.59. The number of hydrogen-bond acceptors (Lipinski definition) is 5. The summed E-state index contributed by atoms with van der Waals surface area (Å²) < 4.78 is 7.94. The number of para-hydroxylation sites is 1. The topological polar surface area (TPSA) is 63.4 Å². The molecule has 1 aromatic heterocycles. The highest BCUT2D eigenvalue weighted by Gasteiger charge is 2.21. The zero-order valence-corrected chi connectivity index (χ0v) is 14.1. The normalized spacial score (nSPS) is 15.8. The molecule has 0 saturated carbocycles. The van der Waals surface area contributed by atoms with Crippen LogP contribution in [0, 0.1) is 6.92 Å². The van der Waals surface area contributed by atoms with Crippen LogP contribution in [0.5, 0.6) is 5.75 Å². The smallest absolute Gasteiger partial charge is 0.147 e. The van der Waals surface area contributed by atoms with E-state index in [1.54, 1.807) is 0 Å². The first-order chi connectivity index (χ1) is 11.7. The molecule has 2 heterocycles. The number of aromatic nitrogens is 3. The minimum atomic E-state index is -0.544. The van der Waals surface area contributed by atoms with E-state index in [-0.39, 0.29) is 6.61 Å². The van der Waals surface area contributed by atoms with Crippen LogP contribution in [-0.4, -0.2) is 50.6 Å². The van der Waals surface area contributed by atoms with Crippen LogP contribution < -0.4 is 4.74 Å². The molecule has 1 aliphatic heterocycles. The van der Waals surface area contributed by atoms with Gasteiger partial charge in [0.2, 0.25) is 0 Å². The molecule has 0 saturated heterocycles. The number of aliphatic hydroxyl groups is 1. The molecule has 1 N–H and O–H groups in total. The first-order valence-corrected chi connectivity index (χ1v) is 8.28. The molecule has 0 radical (unpaired) electrons. The van der Waals surface area contributed by atoms with E-state index >= 15 is 0 Å². The van der Waals surface area contributed by atoms with Crippen LogP contribution in [0.3, 0.4) is 0 Å². The molecule has 1 aromatic carbocycles. The molecule has 0 fully saturated rings. The molecule has 0 spiro atoms. The highest BCUT2D eigenvalue weighted by Crippen LogP contribution is 2.19. The van der Waals surface area contributed by atoms with E-state index in [0.29, 0.717) is 13.1 Å². The molecule has 2 aromatic rings. The number of aryl methyl sites for hydroxylation is 1. The zero-order valence-electron chi connectivity index (χ0n) is 14.1. The van der Waals surface area contributed by atoms with Crippen molar-refractivity contribution in [1.82, 2.24) is 19.7 Å². The van der Waals surface area contributed by atoms with Crippen LogP contribution in [-0.2, 0) is 19.5 Å². The predicted molar refractivity (Wildman–Crippen MR) is 91.9 cm³/mol. The maximum Gasteiger partial charge on any atom is 0.147 e. The van der Waals surface area contributed by atoms with Gasteiger partial charge < -0.3 is 14.4 Å². The average molecular weight is 328 g/mol. The van der Waals surface area contributed by atoms with E-state index in [1.165, 1.54) is 0 Å². The third-order valence-electron chi connectivity index (χ3n) is 4.25. The molecular weight excluding hydrogens is 304 g/mol.